The average molecular weight is 533 g/mol. The molecule has 6 nitrogen and oxygen atoms in total. The van der Waals surface area contributed by atoms with Gasteiger partial charge in [-0.15, -0.1) is 0 Å². The van der Waals surface area contributed by atoms with Crippen LogP contribution in [0.1, 0.15) is 36.5 Å². The number of carbonyl (C=O) groups excluding carboxylic acids is 1. The lowest BCUT2D eigenvalue weighted by molar-refractivity contribution is 0.262. The summed E-state index contributed by atoms with van der Waals surface area (Å²) in [5, 5.41) is 6.66. The molecule has 2 aromatic carbocycles. The van der Waals surface area contributed by atoms with E-state index in [1.807, 2.05) is 69.3 Å². The first-order valence-electron chi connectivity index (χ1n) is 11.7. The molecular weight excluding hydrogens is 504 g/mol. The maximum Gasteiger partial charge on any atom is 0.323 e. The molecule has 180 valence electrons. The predicted molar refractivity (Wildman–Crippen MR) is 147 cm³/mol. The first kappa shape index (κ1) is 24.7. The third-order valence-corrected chi connectivity index (χ3v) is 6.52. The van der Waals surface area contributed by atoms with Crippen molar-refractivity contribution in [2.45, 2.75) is 47.1 Å². The second-order valence-electron chi connectivity index (χ2n) is 8.80. The second kappa shape index (κ2) is 10.4. The van der Waals surface area contributed by atoms with Gasteiger partial charge in [0.05, 0.1) is 0 Å². The van der Waals surface area contributed by atoms with Crippen molar-refractivity contribution in [2.24, 2.45) is 0 Å². The summed E-state index contributed by atoms with van der Waals surface area (Å²) in [7, 11) is 0. The maximum atomic E-state index is 13.8. The molecule has 0 saturated heterocycles. The number of benzene rings is 2. The molecule has 0 aliphatic carbocycles. The molecule has 0 fully saturated rings. The maximum absolute atomic E-state index is 13.8. The molecule has 0 aliphatic rings. The topological polar surface area (TPSA) is 76.0 Å². The molecule has 4 aromatic rings. The number of halogens is 1. The monoisotopic (exact) mass is 532 g/mol. The Hall–Kier alpha value is -3.45. The van der Waals surface area contributed by atoms with E-state index in [0.29, 0.717) is 17.8 Å². The molecule has 0 spiro atoms. The third-order valence-electron chi connectivity index (χ3n) is 6.02. The summed E-state index contributed by atoms with van der Waals surface area (Å²) >= 11 is 3.53. The molecular formula is C28H29BrN4O2. The van der Waals surface area contributed by atoms with Crippen LogP contribution in [0, 0.1) is 20.8 Å². The number of fused-ring (bicyclic) bond motifs is 1. The van der Waals surface area contributed by atoms with Crippen LogP contribution in [0.4, 0.5) is 16.2 Å². The van der Waals surface area contributed by atoms with Crippen LogP contribution in [0.2, 0.25) is 0 Å². The van der Waals surface area contributed by atoms with Crippen molar-refractivity contribution in [3.8, 4) is 11.1 Å². The highest BCUT2D eigenvalue weighted by atomic mass is 79.9. The van der Waals surface area contributed by atoms with Gasteiger partial charge in [-0.1, -0.05) is 59.1 Å². The van der Waals surface area contributed by atoms with Crippen molar-refractivity contribution in [3.05, 3.63) is 86.2 Å². The number of rotatable bonds is 6. The van der Waals surface area contributed by atoms with Gasteiger partial charge in [-0.25, -0.2) is 9.78 Å². The minimum absolute atomic E-state index is 0.236. The highest BCUT2D eigenvalue weighted by Crippen LogP contribution is 2.34. The molecule has 35 heavy (non-hydrogen) atoms. The quantitative estimate of drug-likeness (QED) is 0.275. The Labute approximate surface area is 213 Å². The van der Waals surface area contributed by atoms with E-state index in [1.54, 1.807) is 10.8 Å². The van der Waals surface area contributed by atoms with Crippen LogP contribution in [-0.2, 0) is 6.54 Å². The fraction of sp³-hybridized carbons (Fsp3) is 0.250. The molecule has 2 amide bonds. The van der Waals surface area contributed by atoms with Crippen LogP contribution in [0.3, 0.4) is 0 Å². The molecule has 2 N–H and O–H groups in total. The Morgan fingerprint density at radius 3 is 2.40 bits per heavy atom. The second-order valence-corrected chi connectivity index (χ2v) is 9.71. The van der Waals surface area contributed by atoms with E-state index in [-0.39, 0.29) is 11.2 Å². The van der Waals surface area contributed by atoms with Gasteiger partial charge in [0.1, 0.15) is 11.3 Å². The van der Waals surface area contributed by atoms with Crippen molar-refractivity contribution in [2.75, 3.05) is 10.6 Å². The number of carbonyl (C=O) groups is 1. The van der Waals surface area contributed by atoms with Crippen molar-refractivity contribution in [3.63, 3.8) is 0 Å². The van der Waals surface area contributed by atoms with E-state index in [2.05, 4.69) is 38.5 Å². The number of anilines is 2. The lowest BCUT2D eigenvalue weighted by atomic mass is 10.0. The highest BCUT2D eigenvalue weighted by molar-refractivity contribution is 9.10. The van der Waals surface area contributed by atoms with Crippen LogP contribution in [0.25, 0.3) is 22.2 Å². The summed E-state index contributed by atoms with van der Waals surface area (Å²) in [4.78, 5) is 31.6. The lowest BCUT2D eigenvalue weighted by Gasteiger charge is -2.19. The number of hydrogen-bond donors (Lipinski definition) is 2. The lowest BCUT2D eigenvalue weighted by Crippen LogP contribution is -2.30. The Balaban J connectivity index is 1.88. The van der Waals surface area contributed by atoms with Gasteiger partial charge in [0.2, 0.25) is 0 Å². The normalized spacial score (nSPS) is 11.0. The van der Waals surface area contributed by atoms with Gasteiger partial charge in [0.25, 0.3) is 5.56 Å². The Morgan fingerprint density at radius 1 is 1.00 bits per heavy atom. The number of amides is 2. The third kappa shape index (κ3) is 5.15. The molecule has 0 bridgehead atoms. The van der Waals surface area contributed by atoms with Gasteiger partial charge >= 0.3 is 6.03 Å². The van der Waals surface area contributed by atoms with E-state index in [4.69, 9.17) is 0 Å². The highest BCUT2D eigenvalue weighted by Gasteiger charge is 2.21. The van der Waals surface area contributed by atoms with Crippen LogP contribution < -0.4 is 16.2 Å². The summed E-state index contributed by atoms with van der Waals surface area (Å²) < 4.78 is 2.54. The van der Waals surface area contributed by atoms with E-state index in [0.717, 1.165) is 50.6 Å². The number of aryl methyl sites for hydroxylation is 4. The number of nitrogens with one attached hydrogen (secondary N) is 2. The number of aromatic nitrogens is 2. The van der Waals surface area contributed by atoms with Gasteiger partial charge in [0, 0.05) is 33.9 Å². The Kier molecular flexibility index (Phi) is 7.36. The van der Waals surface area contributed by atoms with Crippen LogP contribution in [0.15, 0.2) is 64.0 Å². The first-order valence-corrected chi connectivity index (χ1v) is 12.5. The van der Waals surface area contributed by atoms with Gasteiger partial charge in [-0.3, -0.25) is 9.36 Å². The fourth-order valence-corrected chi connectivity index (χ4v) is 4.90. The van der Waals surface area contributed by atoms with E-state index < -0.39 is 6.03 Å². The van der Waals surface area contributed by atoms with Gasteiger partial charge in [0.15, 0.2) is 0 Å². The number of unbranched alkanes of at least 4 members (excludes halogenated alkanes) is 1. The van der Waals surface area contributed by atoms with Crippen molar-refractivity contribution in [1.82, 2.24) is 9.55 Å². The number of hydrogen-bond acceptors (Lipinski definition) is 3. The summed E-state index contributed by atoms with van der Waals surface area (Å²) in [6, 6.07) is 15.1. The minimum atomic E-state index is -0.460. The van der Waals surface area contributed by atoms with Crippen LogP contribution >= 0.6 is 15.9 Å². The standard InChI is InChI=1S/C28H29BrN4O2/c1-5-6-13-33-26-22(11-8-12-30-26)23(20-9-7-10-21(29)16-20)25(27(33)34)32-28(35)31-24-18(3)14-17(2)15-19(24)4/h7-12,14-16H,5-6,13H2,1-4H3,(H2,31,32,35). The Morgan fingerprint density at radius 2 is 1.71 bits per heavy atom. The number of urea groups is 1. The van der Waals surface area contributed by atoms with E-state index in [9.17, 15) is 9.59 Å². The van der Waals surface area contributed by atoms with Crippen LogP contribution in [-0.4, -0.2) is 15.6 Å². The fourth-order valence-electron chi connectivity index (χ4n) is 4.50. The summed E-state index contributed by atoms with van der Waals surface area (Å²) in [5.41, 5.74) is 5.84. The molecule has 7 heteroatoms. The molecule has 0 unspecified atom stereocenters. The number of nitrogens with zero attached hydrogens (tertiary/aromatic N) is 2. The summed E-state index contributed by atoms with van der Waals surface area (Å²) in [5.74, 6) is 0. The molecule has 2 heterocycles. The summed E-state index contributed by atoms with van der Waals surface area (Å²) in [6.45, 7) is 8.55. The van der Waals surface area contributed by atoms with Crippen LogP contribution in [0.5, 0.6) is 0 Å². The average Bonchev–Trinajstić information content (AvgIpc) is 2.81. The largest absolute Gasteiger partial charge is 0.323 e. The molecule has 0 atom stereocenters. The van der Waals surface area contributed by atoms with Gasteiger partial charge in [-0.2, -0.15) is 0 Å². The molecule has 0 aliphatic heterocycles. The minimum Gasteiger partial charge on any atom is -0.307 e. The first-order chi connectivity index (χ1) is 16.8. The SMILES string of the molecule is CCCCn1c(=O)c(NC(=O)Nc2c(C)cc(C)cc2C)c(-c2cccc(Br)c2)c2cccnc21. The molecule has 0 radical (unpaired) electrons. The molecule has 2 aromatic heterocycles. The van der Waals surface area contributed by atoms with Crippen molar-refractivity contribution in [1.29, 1.82) is 0 Å². The summed E-state index contributed by atoms with van der Waals surface area (Å²) in [6.07, 6.45) is 3.45. The predicted octanol–water partition coefficient (Wildman–Crippen LogP) is 7.20. The zero-order valence-electron chi connectivity index (χ0n) is 20.4. The van der Waals surface area contributed by atoms with Crippen molar-refractivity contribution >= 4 is 44.4 Å². The smallest absolute Gasteiger partial charge is 0.307 e. The van der Waals surface area contributed by atoms with Gasteiger partial charge < -0.3 is 10.6 Å². The molecule has 4 rings (SSSR count). The Bertz CT molecular complexity index is 1450. The zero-order chi connectivity index (χ0) is 25.1. The van der Waals surface area contributed by atoms with E-state index in [1.165, 1.54) is 0 Å². The molecule has 0 saturated carbocycles. The number of pyridine rings is 2. The van der Waals surface area contributed by atoms with E-state index >= 15 is 0 Å². The van der Waals surface area contributed by atoms with Crippen molar-refractivity contribution < 1.29 is 4.79 Å². The van der Waals surface area contributed by atoms with Gasteiger partial charge in [-0.05, 0) is 68.1 Å². The zero-order valence-corrected chi connectivity index (χ0v) is 22.0.